The lowest BCUT2D eigenvalue weighted by atomic mass is 9.96. The molecule has 7 nitrogen and oxygen atoms in total. The average molecular weight is 430 g/mol. The second-order valence-electron chi connectivity index (χ2n) is 7.15. The minimum absolute atomic E-state index is 0.0326. The van der Waals surface area contributed by atoms with Gasteiger partial charge in [-0.25, -0.2) is 0 Å². The molecule has 8 heteroatoms. The van der Waals surface area contributed by atoms with Gasteiger partial charge in [-0.3, -0.25) is 14.6 Å². The Bertz CT molecular complexity index is 976. The van der Waals surface area contributed by atoms with Crippen LogP contribution in [0, 0.1) is 0 Å². The van der Waals surface area contributed by atoms with E-state index in [9.17, 15) is 14.7 Å². The molecule has 0 radical (unpaired) electrons. The van der Waals surface area contributed by atoms with Crippen LogP contribution in [-0.2, 0) is 9.59 Å². The Morgan fingerprint density at radius 3 is 2.53 bits per heavy atom. The molecular formula is C22H24ClN3O4. The highest BCUT2D eigenvalue weighted by molar-refractivity contribution is 6.46. The Labute approximate surface area is 180 Å². The molecule has 0 saturated carbocycles. The van der Waals surface area contributed by atoms with Gasteiger partial charge in [-0.15, -0.1) is 0 Å². The summed E-state index contributed by atoms with van der Waals surface area (Å²) >= 11 is 6.26. The van der Waals surface area contributed by atoms with E-state index in [0.29, 0.717) is 41.6 Å². The first-order valence-electron chi connectivity index (χ1n) is 9.61. The number of likely N-dealkylation sites (N-methyl/N-ethyl adjacent to an activating group) is 1. The van der Waals surface area contributed by atoms with Gasteiger partial charge in [0.1, 0.15) is 11.5 Å². The average Bonchev–Trinajstić information content (AvgIpc) is 2.98. The van der Waals surface area contributed by atoms with Gasteiger partial charge in [-0.2, -0.15) is 0 Å². The minimum Gasteiger partial charge on any atom is -0.507 e. The number of rotatable bonds is 7. The van der Waals surface area contributed by atoms with E-state index >= 15 is 0 Å². The molecule has 1 aliphatic heterocycles. The molecule has 1 aromatic carbocycles. The highest BCUT2D eigenvalue weighted by Gasteiger charge is 2.45. The largest absolute Gasteiger partial charge is 0.507 e. The Morgan fingerprint density at radius 1 is 1.23 bits per heavy atom. The van der Waals surface area contributed by atoms with Crippen molar-refractivity contribution in [3.8, 4) is 5.75 Å². The number of hydrogen-bond donors (Lipinski definition) is 1. The van der Waals surface area contributed by atoms with Crippen LogP contribution in [0.5, 0.6) is 5.75 Å². The number of aliphatic hydroxyl groups is 1. The van der Waals surface area contributed by atoms with E-state index in [1.807, 2.05) is 25.9 Å². The van der Waals surface area contributed by atoms with Gasteiger partial charge in [0.25, 0.3) is 11.7 Å². The molecule has 158 valence electrons. The van der Waals surface area contributed by atoms with Crippen LogP contribution in [0.3, 0.4) is 0 Å². The van der Waals surface area contributed by atoms with Gasteiger partial charge in [-0.1, -0.05) is 11.6 Å². The normalized spacial score (nSPS) is 18.3. The van der Waals surface area contributed by atoms with Gasteiger partial charge in [-0.05, 0) is 56.9 Å². The number of benzene rings is 1. The summed E-state index contributed by atoms with van der Waals surface area (Å²) < 4.78 is 5.43. The number of carbonyl (C=O) groups excluding carboxylic acids is 2. The zero-order valence-electron chi connectivity index (χ0n) is 17.1. The standard InChI is InChI=1S/C22H24ClN3O4/c1-4-30-17-6-5-15(13-16(17)23)20(27)18-19(14-7-9-24-10-8-14)26(12-11-25(2)3)22(29)21(18)28/h5-10,13,19,27H,4,11-12H2,1-3H3/t19-/m0/s1. The predicted molar refractivity (Wildman–Crippen MR) is 114 cm³/mol. The number of aliphatic hydroxyl groups excluding tert-OH is 1. The molecule has 0 bridgehead atoms. The van der Waals surface area contributed by atoms with Crippen LogP contribution in [0.2, 0.25) is 5.02 Å². The molecule has 0 spiro atoms. The lowest BCUT2D eigenvalue weighted by Crippen LogP contribution is -2.35. The first kappa shape index (κ1) is 21.8. The molecule has 3 rings (SSSR count). The molecule has 2 heterocycles. The summed E-state index contributed by atoms with van der Waals surface area (Å²) in [5, 5.41) is 11.3. The van der Waals surface area contributed by atoms with E-state index in [4.69, 9.17) is 16.3 Å². The molecule has 30 heavy (non-hydrogen) atoms. The maximum absolute atomic E-state index is 12.9. The van der Waals surface area contributed by atoms with Gasteiger partial charge in [0.15, 0.2) is 0 Å². The van der Waals surface area contributed by atoms with E-state index in [1.165, 1.54) is 11.0 Å². The summed E-state index contributed by atoms with van der Waals surface area (Å²) in [6, 6.07) is 7.53. The lowest BCUT2D eigenvalue weighted by molar-refractivity contribution is -0.140. The molecule has 0 aliphatic carbocycles. The number of carbonyl (C=O) groups is 2. The smallest absolute Gasteiger partial charge is 0.295 e. The SMILES string of the molecule is CCOc1ccc(C(O)=C2C(=O)C(=O)N(CCN(C)C)[C@H]2c2ccncc2)cc1Cl. The molecule has 1 fully saturated rings. The first-order valence-corrected chi connectivity index (χ1v) is 9.98. The molecule has 1 aliphatic rings. The summed E-state index contributed by atoms with van der Waals surface area (Å²) in [6.07, 6.45) is 3.18. The van der Waals surface area contributed by atoms with Crippen LogP contribution >= 0.6 is 11.6 Å². The molecule has 1 saturated heterocycles. The van der Waals surface area contributed by atoms with E-state index < -0.39 is 17.7 Å². The minimum atomic E-state index is -0.724. The number of ether oxygens (including phenoxy) is 1. The van der Waals surface area contributed by atoms with Crippen molar-refractivity contribution in [2.45, 2.75) is 13.0 Å². The molecule has 1 atom stereocenters. The monoisotopic (exact) mass is 429 g/mol. The van der Waals surface area contributed by atoms with E-state index in [-0.39, 0.29) is 11.3 Å². The maximum Gasteiger partial charge on any atom is 0.295 e. The summed E-state index contributed by atoms with van der Waals surface area (Å²) in [5.41, 5.74) is 1.07. The number of nitrogens with zero attached hydrogens (tertiary/aromatic N) is 3. The Balaban J connectivity index is 2.10. The van der Waals surface area contributed by atoms with Gasteiger partial charge < -0.3 is 19.6 Å². The Hall–Kier alpha value is -2.90. The quantitative estimate of drug-likeness (QED) is 0.413. The van der Waals surface area contributed by atoms with Crippen LogP contribution in [0.4, 0.5) is 0 Å². The zero-order chi connectivity index (χ0) is 21.8. The van der Waals surface area contributed by atoms with Crippen molar-refractivity contribution in [3.63, 3.8) is 0 Å². The summed E-state index contributed by atoms with van der Waals surface area (Å²) in [6.45, 7) is 3.20. The topological polar surface area (TPSA) is 83.0 Å². The number of amides is 1. The van der Waals surface area contributed by atoms with Gasteiger partial charge >= 0.3 is 0 Å². The highest BCUT2D eigenvalue weighted by Crippen LogP contribution is 2.40. The molecular weight excluding hydrogens is 406 g/mol. The summed E-state index contributed by atoms with van der Waals surface area (Å²) in [7, 11) is 3.78. The first-order chi connectivity index (χ1) is 14.3. The summed E-state index contributed by atoms with van der Waals surface area (Å²) in [4.78, 5) is 33.1. The lowest BCUT2D eigenvalue weighted by Gasteiger charge is -2.26. The van der Waals surface area contributed by atoms with Crippen LogP contribution in [0.15, 0.2) is 48.3 Å². The van der Waals surface area contributed by atoms with Crippen molar-refractivity contribution in [1.82, 2.24) is 14.8 Å². The number of halogens is 1. The number of likely N-dealkylation sites (tertiary alicyclic amines) is 1. The number of pyridine rings is 1. The summed E-state index contributed by atoms with van der Waals surface area (Å²) in [5.74, 6) is -1.16. The number of aromatic nitrogens is 1. The molecule has 1 aromatic heterocycles. The third kappa shape index (κ3) is 4.32. The van der Waals surface area contributed by atoms with Crippen molar-refractivity contribution in [2.75, 3.05) is 33.8 Å². The van der Waals surface area contributed by atoms with Crippen LogP contribution in [0.25, 0.3) is 5.76 Å². The second kappa shape index (κ2) is 9.28. The third-order valence-corrected chi connectivity index (χ3v) is 5.15. The number of Topliss-reactive ketones (excluding diaryl/α,β-unsaturated/α-hetero) is 1. The number of ketones is 1. The Morgan fingerprint density at radius 2 is 1.93 bits per heavy atom. The van der Waals surface area contributed by atoms with Crippen LogP contribution in [0.1, 0.15) is 24.1 Å². The van der Waals surface area contributed by atoms with Gasteiger partial charge in [0.2, 0.25) is 0 Å². The van der Waals surface area contributed by atoms with E-state index in [2.05, 4.69) is 4.98 Å². The van der Waals surface area contributed by atoms with Crippen LogP contribution < -0.4 is 4.74 Å². The number of hydrogen-bond acceptors (Lipinski definition) is 6. The Kier molecular flexibility index (Phi) is 6.74. The predicted octanol–water partition coefficient (Wildman–Crippen LogP) is 3.12. The molecule has 2 aromatic rings. The fraction of sp³-hybridized carbons (Fsp3) is 0.318. The third-order valence-electron chi connectivity index (χ3n) is 4.86. The van der Waals surface area contributed by atoms with E-state index in [0.717, 1.165) is 0 Å². The van der Waals surface area contributed by atoms with Crippen molar-refractivity contribution in [2.24, 2.45) is 0 Å². The fourth-order valence-electron chi connectivity index (χ4n) is 3.39. The van der Waals surface area contributed by atoms with Crippen molar-refractivity contribution in [1.29, 1.82) is 0 Å². The molecule has 1 amide bonds. The van der Waals surface area contributed by atoms with Gasteiger partial charge in [0.05, 0.1) is 23.2 Å². The van der Waals surface area contributed by atoms with Crippen LogP contribution in [-0.4, -0.2) is 65.4 Å². The van der Waals surface area contributed by atoms with E-state index in [1.54, 1.807) is 36.7 Å². The fourth-order valence-corrected chi connectivity index (χ4v) is 3.62. The maximum atomic E-state index is 12.9. The second-order valence-corrected chi connectivity index (χ2v) is 7.56. The molecule has 1 N–H and O–H groups in total. The van der Waals surface area contributed by atoms with Crippen molar-refractivity contribution >= 4 is 29.1 Å². The van der Waals surface area contributed by atoms with Crippen molar-refractivity contribution < 1.29 is 19.4 Å². The van der Waals surface area contributed by atoms with Crippen molar-refractivity contribution in [3.05, 3.63) is 64.4 Å². The van der Waals surface area contributed by atoms with Gasteiger partial charge in [0, 0.05) is 31.0 Å². The highest BCUT2D eigenvalue weighted by atomic mass is 35.5. The zero-order valence-corrected chi connectivity index (χ0v) is 17.9. The molecule has 0 unspecified atom stereocenters.